The van der Waals surface area contributed by atoms with E-state index in [2.05, 4.69) is 5.32 Å². The van der Waals surface area contributed by atoms with Crippen LogP contribution in [0.1, 0.15) is 26.3 Å². The van der Waals surface area contributed by atoms with Crippen molar-refractivity contribution in [2.45, 2.75) is 38.8 Å². The van der Waals surface area contributed by atoms with Gasteiger partial charge in [-0.3, -0.25) is 0 Å². The topological polar surface area (TPSA) is 95.2 Å². The maximum Gasteiger partial charge on any atom is 0.410 e. The van der Waals surface area contributed by atoms with E-state index < -0.39 is 11.7 Å². The van der Waals surface area contributed by atoms with Crippen molar-refractivity contribution in [2.75, 3.05) is 19.6 Å². The molecule has 7 nitrogen and oxygen atoms in total. The van der Waals surface area contributed by atoms with E-state index in [0.29, 0.717) is 42.6 Å². The SMILES string of the molecule is CC(C)(C)OC(=O)N1CCNCC1Cc1c(O)c(Cl)cc2c(O)coc12. The van der Waals surface area contributed by atoms with Crippen molar-refractivity contribution in [3.8, 4) is 11.5 Å². The first kappa shape index (κ1) is 18.7. The molecule has 8 heteroatoms. The van der Waals surface area contributed by atoms with Crippen molar-refractivity contribution < 1.29 is 24.2 Å². The van der Waals surface area contributed by atoms with E-state index in [1.165, 1.54) is 12.3 Å². The Kier molecular flexibility index (Phi) is 4.94. The summed E-state index contributed by atoms with van der Waals surface area (Å²) in [5.41, 5.74) is 0.222. The zero-order valence-electron chi connectivity index (χ0n) is 15.0. The largest absolute Gasteiger partial charge is 0.506 e. The van der Waals surface area contributed by atoms with E-state index in [0.717, 1.165) is 0 Å². The van der Waals surface area contributed by atoms with Crippen molar-refractivity contribution in [3.63, 3.8) is 0 Å². The molecule has 0 spiro atoms. The highest BCUT2D eigenvalue weighted by Crippen LogP contribution is 2.40. The van der Waals surface area contributed by atoms with Gasteiger partial charge in [0.1, 0.15) is 23.2 Å². The molecule has 0 aliphatic carbocycles. The van der Waals surface area contributed by atoms with Crippen LogP contribution in [0.2, 0.25) is 5.02 Å². The summed E-state index contributed by atoms with van der Waals surface area (Å²) in [6, 6.07) is 1.21. The molecular weight excluding hydrogens is 360 g/mol. The van der Waals surface area contributed by atoms with Gasteiger partial charge in [0.25, 0.3) is 0 Å². The van der Waals surface area contributed by atoms with Crippen molar-refractivity contribution in [1.82, 2.24) is 10.2 Å². The number of rotatable bonds is 2. The van der Waals surface area contributed by atoms with Crippen LogP contribution in [0.25, 0.3) is 11.0 Å². The second-order valence-corrected chi connectivity index (χ2v) is 7.83. The first-order valence-electron chi connectivity index (χ1n) is 8.48. The number of piperazine rings is 1. The second kappa shape index (κ2) is 6.89. The molecule has 0 saturated carbocycles. The van der Waals surface area contributed by atoms with E-state index in [1.54, 1.807) is 4.90 Å². The molecule has 2 heterocycles. The van der Waals surface area contributed by atoms with Crippen molar-refractivity contribution in [3.05, 3.63) is 22.9 Å². The van der Waals surface area contributed by atoms with Crippen LogP contribution in [0, 0.1) is 0 Å². The molecule has 0 bridgehead atoms. The number of hydrogen-bond donors (Lipinski definition) is 3. The number of carbonyl (C=O) groups excluding carboxylic acids is 1. The minimum Gasteiger partial charge on any atom is -0.506 e. The average Bonchev–Trinajstić information content (AvgIpc) is 2.91. The zero-order valence-corrected chi connectivity index (χ0v) is 15.8. The Balaban J connectivity index is 1.92. The van der Waals surface area contributed by atoms with Gasteiger partial charge in [0.15, 0.2) is 5.75 Å². The first-order chi connectivity index (χ1) is 12.2. The summed E-state index contributed by atoms with van der Waals surface area (Å²) >= 11 is 6.10. The van der Waals surface area contributed by atoms with Crippen molar-refractivity contribution in [2.24, 2.45) is 0 Å². The maximum atomic E-state index is 12.6. The predicted octanol–water partition coefficient (Wildman–Crippen LogP) is 3.25. The monoisotopic (exact) mass is 382 g/mol. The Labute approximate surface area is 156 Å². The van der Waals surface area contributed by atoms with Crippen LogP contribution in [0.15, 0.2) is 16.7 Å². The molecule has 1 aliphatic heterocycles. The number of phenolic OH excluding ortho intramolecular Hbond substituents is 1. The zero-order chi connectivity index (χ0) is 19.1. The third-order valence-electron chi connectivity index (χ3n) is 4.28. The summed E-state index contributed by atoms with van der Waals surface area (Å²) in [4.78, 5) is 14.2. The average molecular weight is 383 g/mol. The van der Waals surface area contributed by atoms with Crippen LogP contribution in [0.5, 0.6) is 11.5 Å². The highest BCUT2D eigenvalue weighted by molar-refractivity contribution is 6.33. The lowest BCUT2D eigenvalue weighted by Crippen LogP contribution is -2.55. The maximum absolute atomic E-state index is 12.6. The highest BCUT2D eigenvalue weighted by atomic mass is 35.5. The number of furan rings is 1. The summed E-state index contributed by atoms with van der Waals surface area (Å²) in [5, 5.41) is 24.1. The van der Waals surface area contributed by atoms with Gasteiger partial charge in [0, 0.05) is 31.6 Å². The summed E-state index contributed by atoms with van der Waals surface area (Å²) in [6.07, 6.45) is 1.11. The molecular formula is C18H23ClN2O5. The number of carbonyl (C=O) groups is 1. The quantitative estimate of drug-likeness (QED) is 0.738. The minimum absolute atomic E-state index is 0.0473. The third kappa shape index (κ3) is 3.68. The molecule has 3 rings (SSSR count). The lowest BCUT2D eigenvalue weighted by molar-refractivity contribution is 0.0121. The molecule has 142 valence electrons. The van der Waals surface area contributed by atoms with Crippen LogP contribution >= 0.6 is 11.6 Å². The number of benzene rings is 1. The Morgan fingerprint density at radius 2 is 2.19 bits per heavy atom. The minimum atomic E-state index is -0.592. The summed E-state index contributed by atoms with van der Waals surface area (Å²) in [7, 11) is 0. The number of halogens is 1. The first-order valence-corrected chi connectivity index (χ1v) is 8.86. The second-order valence-electron chi connectivity index (χ2n) is 7.42. The van der Waals surface area contributed by atoms with Gasteiger partial charge in [-0.2, -0.15) is 0 Å². The van der Waals surface area contributed by atoms with Crippen LogP contribution in [-0.4, -0.2) is 52.5 Å². The number of phenols is 1. The van der Waals surface area contributed by atoms with Crippen LogP contribution < -0.4 is 5.32 Å². The lowest BCUT2D eigenvalue weighted by atomic mass is 10.00. The molecule has 1 fully saturated rings. The van der Waals surface area contributed by atoms with E-state index in [9.17, 15) is 15.0 Å². The smallest absolute Gasteiger partial charge is 0.410 e. The fraction of sp³-hybridized carbons (Fsp3) is 0.500. The molecule has 3 N–H and O–H groups in total. The van der Waals surface area contributed by atoms with Gasteiger partial charge in [0.2, 0.25) is 0 Å². The van der Waals surface area contributed by atoms with Crippen LogP contribution in [0.3, 0.4) is 0 Å². The van der Waals surface area contributed by atoms with Crippen molar-refractivity contribution >= 4 is 28.7 Å². The van der Waals surface area contributed by atoms with Crippen molar-refractivity contribution in [1.29, 1.82) is 0 Å². The molecule has 1 aromatic heterocycles. The Morgan fingerprint density at radius 3 is 2.88 bits per heavy atom. The Morgan fingerprint density at radius 1 is 1.46 bits per heavy atom. The summed E-state index contributed by atoms with van der Waals surface area (Å²) in [6.45, 7) is 7.15. The van der Waals surface area contributed by atoms with Gasteiger partial charge >= 0.3 is 6.09 Å². The third-order valence-corrected chi connectivity index (χ3v) is 4.57. The molecule has 1 aromatic carbocycles. The fourth-order valence-corrected chi connectivity index (χ4v) is 3.33. The lowest BCUT2D eigenvalue weighted by Gasteiger charge is -2.37. The molecule has 1 aliphatic rings. The van der Waals surface area contributed by atoms with E-state index in [4.69, 9.17) is 20.8 Å². The van der Waals surface area contributed by atoms with Gasteiger partial charge in [-0.15, -0.1) is 0 Å². The predicted molar refractivity (Wildman–Crippen MR) is 97.9 cm³/mol. The molecule has 0 radical (unpaired) electrons. The van der Waals surface area contributed by atoms with E-state index >= 15 is 0 Å². The number of aromatic hydroxyl groups is 2. The molecule has 1 amide bonds. The standard InChI is InChI=1S/C18H23ClN2O5/c1-18(2,3)26-17(24)21-5-4-20-8-10(21)6-12-15(23)13(19)7-11-14(22)9-25-16(11)12/h7,9-10,20,22-23H,4-6,8H2,1-3H3. The number of fused-ring (bicyclic) bond motifs is 1. The van der Waals surface area contributed by atoms with E-state index in [1.807, 2.05) is 20.8 Å². The number of nitrogens with one attached hydrogen (secondary N) is 1. The van der Waals surface area contributed by atoms with Crippen LogP contribution in [0.4, 0.5) is 4.79 Å². The molecule has 1 saturated heterocycles. The number of ether oxygens (including phenoxy) is 1. The molecule has 2 aromatic rings. The van der Waals surface area contributed by atoms with Gasteiger partial charge in [-0.1, -0.05) is 11.6 Å². The summed E-state index contributed by atoms with van der Waals surface area (Å²) in [5.74, 6) is -0.155. The molecule has 1 atom stereocenters. The Hall–Kier alpha value is -2.12. The fourth-order valence-electron chi connectivity index (χ4n) is 3.11. The van der Waals surface area contributed by atoms with Gasteiger partial charge in [0.05, 0.1) is 16.5 Å². The number of nitrogens with zero attached hydrogens (tertiary/aromatic N) is 1. The van der Waals surface area contributed by atoms with Gasteiger partial charge in [-0.25, -0.2) is 4.79 Å². The normalized spacial score (nSPS) is 18.3. The number of amides is 1. The van der Waals surface area contributed by atoms with Gasteiger partial charge in [-0.05, 0) is 26.8 Å². The Bertz CT molecular complexity index is 827. The number of hydrogen-bond acceptors (Lipinski definition) is 6. The van der Waals surface area contributed by atoms with E-state index in [-0.39, 0.29) is 22.6 Å². The highest BCUT2D eigenvalue weighted by Gasteiger charge is 2.32. The van der Waals surface area contributed by atoms with Crippen LogP contribution in [-0.2, 0) is 11.2 Å². The summed E-state index contributed by atoms with van der Waals surface area (Å²) < 4.78 is 10.9. The molecule has 26 heavy (non-hydrogen) atoms. The van der Waals surface area contributed by atoms with Gasteiger partial charge < -0.3 is 29.6 Å². The molecule has 1 unspecified atom stereocenters.